The summed E-state index contributed by atoms with van der Waals surface area (Å²) in [5, 5.41) is 12.9. The second-order valence-corrected chi connectivity index (χ2v) is 5.86. The Morgan fingerprint density at radius 2 is 1.81 bits per heavy atom. The highest BCUT2D eigenvalue weighted by molar-refractivity contribution is 7.55. The van der Waals surface area contributed by atoms with Crippen LogP contribution in [0.2, 0.25) is 0 Å². The molecule has 0 aliphatic heterocycles. The van der Waals surface area contributed by atoms with E-state index in [2.05, 4.69) is 14.2 Å². The van der Waals surface area contributed by atoms with Gasteiger partial charge in [0, 0.05) is 26.4 Å². The average Bonchev–Trinajstić information content (AvgIpc) is 2.48. The summed E-state index contributed by atoms with van der Waals surface area (Å²) < 4.78 is 25.7. The van der Waals surface area contributed by atoms with Gasteiger partial charge in [-0.25, -0.2) is 4.79 Å². The molecule has 0 aliphatic rings. The maximum Gasteiger partial charge on any atom is 0.369 e. The van der Waals surface area contributed by atoms with Crippen molar-refractivity contribution in [3.05, 3.63) is 39.3 Å². The molecule has 0 fully saturated rings. The van der Waals surface area contributed by atoms with Crippen LogP contribution in [0.25, 0.3) is 0 Å². The zero-order valence-corrected chi connectivity index (χ0v) is 11.9. The van der Waals surface area contributed by atoms with Gasteiger partial charge >= 0.3 is 13.6 Å². The second-order valence-electron chi connectivity index (χ2n) is 3.56. The molecule has 21 heavy (non-hydrogen) atoms. The maximum absolute atomic E-state index is 11.9. The topological polar surface area (TPSA) is 134 Å². The minimum absolute atomic E-state index is 0.0852. The van der Waals surface area contributed by atoms with Crippen LogP contribution in [0.5, 0.6) is 5.75 Å². The molecule has 0 saturated carbocycles. The van der Waals surface area contributed by atoms with Gasteiger partial charge in [-0.3, -0.25) is 14.7 Å². The van der Waals surface area contributed by atoms with Gasteiger partial charge in [0.05, 0.1) is 4.92 Å². The van der Waals surface area contributed by atoms with Crippen LogP contribution in [0.15, 0.2) is 29.4 Å². The van der Waals surface area contributed by atoms with Gasteiger partial charge in [0.1, 0.15) is 5.75 Å². The zero-order chi connectivity index (χ0) is 16.0. The Morgan fingerprint density at radius 3 is 2.19 bits per heavy atom. The van der Waals surface area contributed by atoms with Crippen LogP contribution in [-0.2, 0) is 18.4 Å². The van der Waals surface area contributed by atoms with Crippen molar-refractivity contribution in [1.82, 2.24) is 0 Å². The van der Waals surface area contributed by atoms with E-state index in [1.807, 2.05) is 0 Å². The number of carbonyl (C=O) groups is 1. The van der Waals surface area contributed by atoms with Gasteiger partial charge in [-0.1, -0.05) is 0 Å². The molecule has 0 radical (unpaired) electrons. The highest BCUT2D eigenvalue weighted by atomic mass is 31.2. The van der Waals surface area contributed by atoms with E-state index in [1.165, 1.54) is 0 Å². The normalized spacial score (nSPS) is 12.5. The quantitative estimate of drug-likeness (QED) is 0.186. The summed E-state index contributed by atoms with van der Waals surface area (Å²) in [5.41, 5.74) is -0.209. The Labute approximate surface area is 118 Å². The van der Waals surface area contributed by atoms with Crippen LogP contribution in [0, 0.1) is 15.0 Å². The third-order valence-electron chi connectivity index (χ3n) is 2.39. The summed E-state index contributed by atoms with van der Waals surface area (Å²) in [4.78, 5) is 32.3. The van der Waals surface area contributed by atoms with Crippen molar-refractivity contribution in [3.8, 4) is 5.75 Å². The molecule has 1 rings (SSSR count). The number of non-ortho nitro benzene ring substituents is 1. The fourth-order valence-corrected chi connectivity index (χ4v) is 2.28. The highest BCUT2D eigenvalue weighted by Gasteiger charge is 2.43. The van der Waals surface area contributed by atoms with Crippen molar-refractivity contribution in [2.24, 2.45) is 5.18 Å². The fourth-order valence-electron chi connectivity index (χ4n) is 1.31. The third kappa shape index (κ3) is 3.91. The molecule has 0 saturated heterocycles. The Bertz CT molecular complexity index is 579. The van der Waals surface area contributed by atoms with Crippen LogP contribution in [-0.4, -0.2) is 30.9 Å². The third-order valence-corrected chi connectivity index (χ3v) is 4.31. The number of benzene rings is 1. The van der Waals surface area contributed by atoms with Crippen molar-refractivity contribution in [2.45, 2.75) is 5.78 Å². The zero-order valence-electron chi connectivity index (χ0n) is 11.0. The molecule has 114 valence electrons. The fraction of sp³-hybridized carbons (Fsp3) is 0.300. The average molecular weight is 318 g/mol. The van der Waals surface area contributed by atoms with Crippen molar-refractivity contribution >= 4 is 19.3 Å². The van der Waals surface area contributed by atoms with Gasteiger partial charge in [-0.05, 0) is 17.3 Å². The molecule has 0 spiro atoms. The summed E-state index contributed by atoms with van der Waals surface area (Å²) in [6, 6.07) is 4.47. The molecule has 0 heterocycles. The minimum Gasteiger partial charge on any atom is -0.424 e. The second kappa shape index (κ2) is 7.02. The van der Waals surface area contributed by atoms with E-state index in [0.29, 0.717) is 0 Å². The Balaban J connectivity index is 2.90. The van der Waals surface area contributed by atoms with Crippen molar-refractivity contribution < 1.29 is 28.1 Å². The van der Waals surface area contributed by atoms with E-state index in [4.69, 9.17) is 4.74 Å². The summed E-state index contributed by atoms with van der Waals surface area (Å²) >= 11 is 0. The molecule has 10 nitrogen and oxygen atoms in total. The van der Waals surface area contributed by atoms with Gasteiger partial charge in [-0.2, -0.15) is 0 Å². The molecule has 0 amide bonds. The summed E-state index contributed by atoms with van der Waals surface area (Å²) in [7, 11) is -2.10. The molecule has 0 aliphatic carbocycles. The lowest BCUT2D eigenvalue weighted by Crippen LogP contribution is -2.25. The van der Waals surface area contributed by atoms with E-state index in [-0.39, 0.29) is 11.4 Å². The molecule has 1 aromatic carbocycles. The SMILES string of the molecule is COP(=O)(OC)C(N=O)C(=O)Oc1ccc([N+](=O)[O-])cc1. The highest BCUT2D eigenvalue weighted by Crippen LogP contribution is 2.52. The Morgan fingerprint density at radius 1 is 1.29 bits per heavy atom. The standard InChI is InChI=1S/C10H11N2O8P/c1-18-21(17,19-2)9(11-14)10(13)20-8-5-3-7(4-6-8)12(15)16/h3-6,9H,1-2H3. The predicted molar refractivity (Wildman–Crippen MR) is 69.9 cm³/mol. The largest absolute Gasteiger partial charge is 0.424 e. The maximum atomic E-state index is 11.9. The number of nitrogens with zero attached hydrogens (tertiary/aromatic N) is 2. The first-order valence-electron chi connectivity index (χ1n) is 5.37. The van der Waals surface area contributed by atoms with Crippen molar-refractivity contribution in [1.29, 1.82) is 0 Å². The first-order valence-corrected chi connectivity index (χ1v) is 6.99. The van der Waals surface area contributed by atoms with Crippen molar-refractivity contribution in [3.63, 3.8) is 0 Å². The molecule has 0 N–H and O–H groups in total. The minimum atomic E-state index is -4.07. The first-order chi connectivity index (χ1) is 9.87. The molecular formula is C10H11N2O8P. The van der Waals surface area contributed by atoms with Gasteiger partial charge in [0.25, 0.3) is 11.5 Å². The van der Waals surface area contributed by atoms with Gasteiger partial charge in [0.15, 0.2) is 0 Å². The predicted octanol–water partition coefficient (Wildman–Crippen LogP) is 2.08. The number of carbonyl (C=O) groups excluding carboxylic acids is 1. The van der Waals surface area contributed by atoms with E-state index in [1.54, 1.807) is 0 Å². The van der Waals surface area contributed by atoms with Crippen molar-refractivity contribution in [2.75, 3.05) is 14.2 Å². The molecule has 11 heteroatoms. The first kappa shape index (κ1) is 16.9. The van der Waals surface area contributed by atoms with Crippen LogP contribution >= 0.6 is 7.60 Å². The van der Waals surface area contributed by atoms with Crippen LogP contribution < -0.4 is 4.74 Å². The number of nitroso groups, excluding NO2 is 1. The summed E-state index contributed by atoms with van der Waals surface area (Å²) in [6.45, 7) is 0. The number of hydrogen-bond donors (Lipinski definition) is 0. The van der Waals surface area contributed by atoms with E-state index >= 15 is 0 Å². The number of hydrogen-bond acceptors (Lipinski definition) is 9. The van der Waals surface area contributed by atoms with E-state index < -0.39 is 24.3 Å². The van der Waals surface area contributed by atoms with Crippen LogP contribution in [0.4, 0.5) is 5.69 Å². The molecular weight excluding hydrogens is 307 g/mol. The van der Waals surface area contributed by atoms with Gasteiger partial charge < -0.3 is 13.8 Å². The molecule has 1 unspecified atom stereocenters. The number of rotatable bonds is 7. The van der Waals surface area contributed by atoms with E-state index in [9.17, 15) is 24.4 Å². The monoisotopic (exact) mass is 318 g/mol. The van der Waals surface area contributed by atoms with Crippen LogP contribution in [0.3, 0.4) is 0 Å². The number of nitro benzene ring substituents is 1. The number of ether oxygens (including phenoxy) is 1. The lowest BCUT2D eigenvalue weighted by atomic mass is 10.3. The van der Waals surface area contributed by atoms with Gasteiger partial charge in [-0.15, -0.1) is 4.91 Å². The molecule has 1 aromatic rings. The lowest BCUT2D eigenvalue weighted by molar-refractivity contribution is -0.384. The Hall–Kier alpha value is -2.16. The summed E-state index contributed by atoms with van der Waals surface area (Å²) in [5.74, 6) is -3.34. The van der Waals surface area contributed by atoms with Crippen LogP contribution in [0.1, 0.15) is 0 Å². The molecule has 0 bridgehead atoms. The lowest BCUT2D eigenvalue weighted by Gasteiger charge is -2.17. The molecule has 1 atom stereocenters. The number of nitro groups is 1. The Kier molecular flexibility index (Phi) is 5.65. The smallest absolute Gasteiger partial charge is 0.369 e. The number of esters is 1. The van der Waals surface area contributed by atoms with E-state index in [0.717, 1.165) is 38.5 Å². The summed E-state index contributed by atoms with van der Waals surface area (Å²) in [6.07, 6.45) is 0. The van der Waals surface area contributed by atoms with Gasteiger partial charge in [0.2, 0.25) is 0 Å². The molecule has 0 aromatic heterocycles.